The predicted octanol–water partition coefficient (Wildman–Crippen LogP) is 3.11. The molecule has 1 aliphatic rings. The van der Waals surface area contributed by atoms with Gasteiger partial charge >= 0.3 is 0 Å². The van der Waals surface area contributed by atoms with Crippen molar-refractivity contribution in [1.29, 1.82) is 0 Å². The molecule has 0 bridgehead atoms. The second-order valence-electron chi connectivity index (χ2n) is 4.49. The summed E-state index contributed by atoms with van der Waals surface area (Å²) in [5.74, 6) is 1.23. The highest BCUT2D eigenvalue weighted by atomic mass is 35.5. The summed E-state index contributed by atoms with van der Waals surface area (Å²) >= 11 is 6.10. The molecule has 1 aliphatic heterocycles. The summed E-state index contributed by atoms with van der Waals surface area (Å²) < 4.78 is 5.28. The summed E-state index contributed by atoms with van der Waals surface area (Å²) in [5.41, 5.74) is 0.813. The van der Waals surface area contributed by atoms with Gasteiger partial charge in [-0.15, -0.1) is 12.4 Å². The molecule has 0 spiro atoms. The van der Waals surface area contributed by atoms with Crippen LogP contribution >= 0.6 is 24.0 Å². The molecule has 4 nitrogen and oxygen atoms in total. The van der Waals surface area contributed by atoms with E-state index in [0.29, 0.717) is 22.8 Å². The van der Waals surface area contributed by atoms with Gasteiger partial charge in [0.25, 0.3) is 0 Å². The molecule has 0 aliphatic carbocycles. The van der Waals surface area contributed by atoms with Gasteiger partial charge in [0, 0.05) is 18.0 Å². The molecular weight excluding hydrogens is 285 g/mol. The summed E-state index contributed by atoms with van der Waals surface area (Å²) in [6.45, 7) is 1.08. The number of halogens is 2. The minimum atomic E-state index is 0. The first-order valence-electron chi connectivity index (χ1n) is 6.14. The molecule has 1 aromatic carbocycles. The first kappa shape index (κ1) is 14.3. The van der Waals surface area contributed by atoms with Crippen LogP contribution in [-0.2, 0) is 6.42 Å². The van der Waals surface area contributed by atoms with Gasteiger partial charge in [0.15, 0.2) is 0 Å². The Balaban J connectivity index is 0.00000133. The first-order valence-corrected chi connectivity index (χ1v) is 6.51. The van der Waals surface area contributed by atoms with Gasteiger partial charge in [0.2, 0.25) is 11.7 Å². The van der Waals surface area contributed by atoms with E-state index in [-0.39, 0.29) is 12.4 Å². The van der Waals surface area contributed by atoms with Crippen LogP contribution < -0.4 is 5.32 Å². The van der Waals surface area contributed by atoms with Crippen LogP contribution in [0.25, 0.3) is 11.4 Å². The molecule has 6 heteroatoms. The molecule has 3 rings (SSSR count). The third-order valence-corrected chi connectivity index (χ3v) is 3.50. The van der Waals surface area contributed by atoms with Crippen molar-refractivity contribution >= 4 is 24.0 Å². The van der Waals surface area contributed by atoms with E-state index in [2.05, 4.69) is 15.5 Å². The Morgan fingerprint density at radius 2 is 2.21 bits per heavy atom. The van der Waals surface area contributed by atoms with Gasteiger partial charge in [-0.2, -0.15) is 4.98 Å². The minimum absolute atomic E-state index is 0. The first-order chi connectivity index (χ1) is 8.83. The second kappa shape index (κ2) is 6.37. The van der Waals surface area contributed by atoms with Crippen molar-refractivity contribution in [1.82, 2.24) is 15.5 Å². The van der Waals surface area contributed by atoms with Crippen molar-refractivity contribution in [2.24, 2.45) is 0 Å². The lowest BCUT2D eigenvalue weighted by Crippen LogP contribution is -2.23. The van der Waals surface area contributed by atoms with Crippen LogP contribution in [0.5, 0.6) is 0 Å². The molecule has 1 N–H and O–H groups in total. The highest BCUT2D eigenvalue weighted by molar-refractivity contribution is 6.33. The van der Waals surface area contributed by atoms with Crippen molar-refractivity contribution in [2.45, 2.75) is 25.3 Å². The molecule has 0 radical (unpaired) electrons. The highest BCUT2D eigenvalue weighted by Crippen LogP contribution is 2.25. The van der Waals surface area contributed by atoms with Gasteiger partial charge in [-0.25, -0.2) is 0 Å². The standard InChI is InChI=1S/C13H14ClN3O.ClH/c14-11-6-2-1-5-10(11)13-16-12(18-17-13)8-9-4-3-7-15-9;/h1-2,5-6,9,15H,3-4,7-8H2;1H. The Bertz CT molecular complexity index is 538. The van der Waals surface area contributed by atoms with Crippen LogP contribution in [0.4, 0.5) is 0 Å². The zero-order valence-electron chi connectivity index (χ0n) is 10.3. The molecule has 1 aromatic heterocycles. The van der Waals surface area contributed by atoms with Crippen LogP contribution in [0.3, 0.4) is 0 Å². The minimum Gasteiger partial charge on any atom is -0.339 e. The zero-order valence-corrected chi connectivity index (χ0v) is 11.9. The SMILES string of the molecule is Cl.Clc1ccccc1-c1noc(CC2CCCN2)n1. The summed E-state index contributed by atoms with van der Waals surface area (Å²) in [6, 6.07) is 7.98. The summed E-state index contributed by atoms with van der Waals surface area (Å²) in [5, 5.41) is 8.05. The summed E-state index contributed by atoms with van der Waals surface area (Å²) in [7, 11) is 0. The lowest BCUT2D eigenvalue weighted by Gasteiger charge is -2.04. The van der Waals surface area contributed by atoms with Gasteiger partial charge in [-0.05, 0) is 31.5 Å². The molecule has 19 heavy (non-hydrogen) atoms. The smallest absolute Gasteiger partial charge is 0.228 e. The van der Waals surface area contributed by atoms with Crippen LogP contribution in [0, 0.1) is 0 Å². The Morgan fingerprint density at radius 1 is 1.37 bits per heavy atom. The number of rotatable bonds is 3. The molecule has 2 heterocycles. The fourth-order valence-corrected chi connectivity index (χ4v) is 2.45. The predicted molar refractivity (Wildman–Crippen MR) is 76.7 cm³/mol. The van der Waals surface area contributed by atoms with E-state index in [0.717, 1.165) is 18.5 Å². The third-order valence-electron chi connectivity index (χ3n) is 3.17. The van der Waals surface area contributed by atoms with Crippen molar-refractivity contribution in [3.63, 3.8) is 0 Å². The lowest BCUT2D eigenvalue weighted by atomic mass is 10.1. The normalized spacial score (nSPS) is 18.3. The average molecular weight is 300 g/mol. The maximum absolute atomic E-state index is 6.10. The van der Waals surface area contributed by atoms with Gasteiger partial charge in [0.05, 0.1) is 5.02 Å². The number of hydrogen-bond donors (Lipinski definition) is 1. The zero-order chi connectivity index (χ0) is 12.4. The number of benzene rings is 1. The van der Waals surface area contributed by atoms with E-state index in [4.69, 9.17) is 16.1 Å². The molecule has 1 saturated heterocycles. The number of nitrogens with zero attached hydrogens (tertiary/aromatic N) is 2. The maximum Gasteiger partial charge on any atom is 0.228 e. The molecule has 1 atom stereocenters. The fourth-order valence-electron chi connectivity index (χ4n) is 2.23. The largest absolute Gasteiger partial charge is 0.339 e. The Morgan fingerprint density at radius 3 is 2.95 bits per heavy atom. The maximum atomic E-state index is 6.10. The number of hydrogen-bond acceptors (Lipinski definition) is 4. The quantitative estimate of drug-likeness (QED) is 0.946. The van der Waals surface area contributed by atoms with Gasteiger partial charge in [0.1, 0.15) is 0 Å². The van der Waals surface area contributed by atoms with Gasteiger partial charge in [-0.3, -0.25) is 0 Å². The van der Waals surface area contributed by atoms with Crippen LogP contribution in [0.15, 0.2) is 28.8 Å². The van der Waals surface area contributed by atoms with Crippen LogP contribution in [0.1, 0.15) is 18.7 Å². The molecule has 0 saturated carbocycles. The van der Waals surface area contributed by atoms with E-state index in [1.165, 1.54) is 12.8 Å². The molecular formula is C13H15Cl2N3O. The fraction of sp³-hybridized carbons (Fsp3) is 0.385. The van der Waals surface area contributed by atoms with E-state index in [1.54, 1.807) is 0 Å². The topological polar surface area (TPSA) is 51.0 Å². The van der Waals surface area contributed by atoms with Crippen molar-refractivity contribution in [3.8, 4) is 11.4 Å². The van der Waals surface area contributed by atoms with E-state index < -0.39 is 0 Å². The van der Waals surface area contributed by atoms with Gasteiger partial charge in [-0.1, -0.05) is 28.9 Å². The Hall–Kier alpha value is -1.10. The molecule has 2 aromatic rings. The van der Waals surface area contributed by atoms with E-state index in [1.807, 2.05) is 24.3 Å². The number of nitrogens with one attached hydrogen (secondary N) is 1. The molecule has 0 amide bonds. The van der Waals surface area contributed by atoms with Crippen LogP contribution in [0.2, 0.25) is 5.02 Å². The summed E-state index contributed by atoms with van der Waals surface area (Å²) in [6.07, 6.45) is 3.18. The van der Waals surface area contributed by atoms with Crippen LogP contribution in [-0.4, -0.2) is 22.7 Å². The monoisotopic (exact) mass is 299 g/mol. The van der Waals surface area contributed by atoms with Crippen molar-refractivity contribution < 1.29 is 4.52 Å². The Labute approximate surface area is 122 Å². The highest BCUT2D eigenvalue weighted by Gasteiger charge is 2.18. The van der Waals surface area contributed by atoms with Crippen molar-refractivity contribution in [3.05, 3.63) is 35.2 Å². The van der Waals surface area contributed by atoms with E-state index in [9.17, 15) is 0 Å². The van der Waals surface area contributed by atoms with Crippen molar-refractivity contribution in [2.75, 3.05) is 6.54 Å². The lowest BCUT2D eigenvalue weighted by molar-refractivity contribution is 0.364. The average Bonchev–Trinajstić information content (AvgIpc) is 3.02. The molecule has 1 fully saturated rings. The third kappa shape index (κ3) is 3.26. The van der Waals surface area contributed by atoms with E-state index >= 15 is 0 Å². The molecule has 1 unspecified atom stereocenters. The second-order valence-corrected chi connectivity index (χ2v) is 4.90. The Kier molecular flexibility index (Phi) is 4.80. The number of aromatic nitrogens is 2. The molecule has 102 valence electrons. The summed E-state index contributed by atoms with van der Waals surface area (Å²) in [4.78, 5) is 4.40. The van der Waals surface area contributed by atoms with Gasteiger partial charge < -0.3 is 9.84 Å².